The number of aliphatic hydroxyl groups excluding tert-OH is 1. The molecule has 3 saturated heterocycles. The molecule has 3 fully saturated rings. The van der Waals surface area contributed by atoms with Crippen LogP contribution < -0.4 is 10.6 Å². The number of aliphatic carboxylic acids is 1. The zero-order chi connectivity index (χ0) is 31.1. The van der Waals surface area contributed by atoms with E-state index in [0.29, 0.717) is 0 Å². The third-order valence-corrected chi connectivity index (χ3v) is 9.34. The van der Waals surface area contributed by atoms with Crippen molar-refractivity contribution in [1.82, 2.24) is 20.4 Å². The summed E-state index contributed by atoms with van der Waals surface area (Å²) >= 11 is 1.26. The molecule has 3 aliphatic heterocycles. The second-order valence-electron chi connectivity index (χ2n) is 11.2. The van der Waals surface area contributed by atoms with Gasteiger partial charge in [0.15, 0.2) is 0 Å². The van der Waals surface area contributed by atoms with Crippen molar-refractivity contribution in [3.05, 3.63) is 65.7 Å². The van der Waals surface area contributed by atoms with Crippen LogP contribution in [0.15, 0.2) is 54.6 Å². The largest absolute Gasteiger partial charge is 0.508 e. The fourth-order valence-electron chi connectivity index (χ4n) is 5.65. The average Bonchev–Trinajstić information content (AvgIpc) is 3.49. The summed E-state index contributed by atoms with van der Waals surface area (Å²) in [6.45, 7) is 3.25. The van der Waals surface area contributed by atoms with Crippen LogP contribution in [-0.2, 0) is 30.5 Å². The molecule has 0 radical (unpaired) electrons. The van der Waals surface area contributed by atoms with E-state index in [1.54, 1.807) is 38.1 Å². The summed E-state index contributed by atoms with van der Waals surface area (Å²) in [6, 6.07) is 9.90. The number of carbonyl (C=O) groups excluding carboxylic acids is 4. The van der Waals surface area contributed by atoms with Gasteiger partial charge in [-0.15, -0.1) is 11.8 Å². The van der Waals surface area contributed by atoms with Gasteiger partial charge < -0.3 is 35.6 Å². The summed E-state index contributed by atoms with van der Waals surface area (Å²) < 4.78 is 4.57. The second-order valence-corrected chi connectivity index (χ2v) is 13.0. The molecule has 5 N–H and O–H groups in total. The smallest absolute Gasteiger partial charge is 0.410 e. The molecular weight excluding hydrogens is 580 g/mol. The van der Waals surface area contributed by atoms with E-state index >= 15 is 0 Å². The number of hydrogen-bond donors (Lipinski definition) is 5. The summed E-state index contributed by atoms with van der Waals surface area (Å²) in [6.07, 6.45) is -1.89. The highest BCUT2D eigenvalue weighted by atomic mass is 32.2. The number of phenolic OH excluding ortho intramolecular Hbond substituents is 1. The Labute approximate surface area is 251 Å². The van der Waals surface area contributed by atoms with Gasteiger partial charge in [0, 0.05) is 11.2 Å². The molecule has 13 nitrogen and oxygen atoms in total. The highest BCUT2D eigenvalue weighted by Crippen LogP contribution is 2.50. The lowest BCUT2D eigenvalue weighted by atomic mass is 9.95. The second kappa shape index (κ2) is 11.8. The van der Waals surface area contributed by atoms with Crippen LogP contribution >= 0.6 is 11.8 Å². The van der Waals surface area contributed by atoms with Crippen molar-refractivity contribution in [3.63, 3.8) is 0 Å². The summed E-state index contributed by atoms with van der Waals surface area (Å²) in [4.78, 5) is 67.1. The fourth-order valence-corrected chi connectivity index (χ4v) is 7.28. The lowest BCUT2D eigenvalue weighted by Gasteiger charge is -2.44. The van der Waals surface area contributed by atoms with Crippen molar-refractivity contribution in [2.75, 3.05) is 6.54 Å². The minimum atomic E-state index is -1.34. The molecule has 2 aromatic carbocycles. The molecule has 14 heteroatoms. The number of phenols is 1. The van der Waals surface area contributed by atoms with Crippen molar-refractivity contribution in [2.45, 2.75) is 67.3 Å². The molecule has 0 aliphatic carbocycles. The molecule has 3 aliphatic rings. The number of benzene rings is 2. The van der Waals surface area contributed by atoms with Gasteiger partial charge in [0.1, 0.15) is 41.9 Å². The van der Waals surface area contributed by atoms with Gasteiger partial charge in [0.2, 0.25) is 17.7 Å². The third-order valence-electron chi connectivity index (χ3n) is 7.77. The van der Waals surface area contributed by atoms with Crippen molar-refractivity contribution in [2.24, 2.45) is 0 Å². The Morgan fingerprint density at radius 1 is 1.09 bits per heavy atom. The number of likely N-dealkylation sites (tertiary alicyclic amines) is 1. The molecule has 0 spiro atoms. The van der Waals surface area contributed by atoms with Gasteiger partial charge in [0.25, 0.3) is 0 Å². The van der Waals surface area contributed by atoms with Gasteiger partial charge in [-0.25, -0.2) is 9.59 Å². The monoisotopic (exact) mass is 612 g/mol. The highest BCUT2D eigenvalue weighted by molar-refractivity contribution is 8.01. The Morgan fingerprint density at radius 2 is 1.77 bits per heavy atom. The molecule has 6 atom stereocenters. The standard InChI is InChI=1S/C29H32N4O9S/c1-29(2)22(27(39)40)33-25(38)21(26(33)43-29)31-24(37)20(16-8-10-17(34)11-9-16)30-23(36)19-12-18(35)13-32(19)28(41)42-14-15-6-4-3-5-7-15/h3-11,18-22,26,34-35H,12-14H2,1-2H3,(H,30,36)(H,31,37)(H,39,40)/t18?,19?,20?,21?,22-,26+/m0/s1. The quantitative estimate of drug-likeness (QED) is 0.269. The van der Waals surface area contributed by atoms with Crippen LogP contribution in [0.2, 0.25) is 0 Å². The summed E-state index contributed by atoms with van der Waals surface area (Å²) in [5.41, 5.74) is 1.02. The molecule has 0 saturated carbocycles. The number of ether oxygens (including phenoxy) is 1. The third kappa shape index (κ3) is 5.97. The van der Waals surface area contributed by atoms with Crippen LogP contribution in [0, 0.1) is 0 Å². The fraction of sp³-hybridized carbons (Fsp3) is 0.414. The lowest BCUT2D eigenvalue weighted by Crippen LogP contribution is -2.71. The van der Waals surface area contributed by atoms with E-state index in [9.17, 15) is 39.3 Å². The SMILES string of the molecule is CC1(C)S[C@@H]2C(NC(=O)C(NC(=O)C3CC(O)CN3C(=O)OCc3ccccc3)c3ccc(O)cc3)C(=O)N2[C@H]1C(=O)O. The van der Waals surface area contributed by atoms with Crippen molar-refractivity contribution < 1.29 is 44.0 Å². The van der Waals surface area contributed by atoms with Gasteiger partial charge >= 0.3 is 12.1 Å². The number of rotatable bonds is 8. The van der Waals surface area contributed by atoms with Crippen LogP contribution in [0.3, 0.4) is 0 Å². The summed E-state index contributed by atoms with van der Waals surface area (Å²) in [7, 11) is 0. The topological polar surface area (TPSA) is 186 Å². The molecule has 228 valence electrons. The normalized spacial score (nSPS) is 26.2. The maximum Gasteiger partial charge on any atom is 0.410 e. The number of amides is 4. The van der Waals surface area contributed by atoms with Crippen LogP contribution in [0.25, 0.3) is 0 Å². The number of thioether (sulfide) groups is 1. The Hall–Kier alpha value is -4.30. The highest BCUT2D eigenvalue weighted by Gasteiger charge is 2.64. The summed E-state index contributed by atoms with van der Waals surface area (Å²) in [5.74, 6) is -3.24. The maximum atomic E-state index is 13.6. The van der Waals surface area contributed by atoms with E-state index in [2.05, 4.69) is 10.6 Å². The number of β-amino-alcohol motifs (C(OH)–C–C–N with tert-alkyl or cyclic N) is 1. The molecule has 0 bridgehead atoms. The number of carboxylic acids is 1. The van der Waals surface area contributed by atoms with E-state index in [4.69, 9.17) is 4.74 Å². The molecule has 43 heavy (non-hydrogen) atoms. The van der Waals surface area contributed by atoms with Crippen molar-refractivity contribution >= 4 is 41.5 Å². The molecule has 0 aromatic heterocycles. The molecule has 2 aromatic rings. The first-order chi connectivity index (χ1) is 20.4. The first-order valence-electron chi connectivity index (χ1n) is 13.6. The van der Waals surface area contributed by atoms with Crippen LogP contribution in [0.1, 0.15) is 37.4 Å². The molecule has 3 heterocycles. The number of aromatic hydroxyl groups is 1. The predicted octanol–water partition coefficient (Wildman–Crippen LogP) is 0.953. The maximum absolute atomic E-state index is 13.6. The minimum absolute atomic E-state index is 0.0374. The summed E-state index contributed by atoms with van der Waals surface area (Å²) in [5, 5.41) is 34.4. The first-order valence-corrected chi connectivity index (χ1v) is 14.5. The molecular formula is C29H32N4O9S. The molecule has 5 rings (SSSR count). The van der Waals surface area contributed by atoms with Gasteiger partial charge in [-0.2, -0.15) is 0 Å². The Bertz CT molecular complexity index is 1420. The van der Waals surface area contributed by atoms with Gasteiger partial charge in [0.05, 0.1) is 12.6 Å². The number of carbonyl (C=O) groups is 5. The molecule has 4 unspecified atom stereocenters. The number of fused-ring (bicyclic) bond motifs is 1. The van der Waals surface area contributed by atoms with Crippen molar-refractivity contribution in [3.8, 4) is 5.75 Å². The number of aliphatic hydroxyl groups is 1. The Balaban J connectivity index is 1.31. The minimum Gasteiger partial charge on any atom is -0.508 e. The first kappa shape index (κ1) is 30.2. The number of nitrogens with zero attached hydrogens (tertiary/aromatic N) is 2. The number of carboxylic acid groups (broad SMARTS) is 1. The average molecular weight is 613 g/mol. The van der Waals surface area contributed by atoms with E-state index in [0.717, 1.165) is 10.5 Å². The van der Waals surface area contributed by atoms with Crippen LogP contribution in [0.5, 0.6) is 5.75 Å². The van der Waals surface area contributed by atoms with Gasteiger partial charge in [-0.3, -0.25) is 19.3 Å². The number of β-lactam (4-membered cyclic amide) rings is 1. The zero-order valence-corrected chi connectivity index (χ0v) is 24.2. The van der Waals surface area contributed by atoms with E-state index in [-0.39, 0.29) is 30.9 Å². The Kier molecular flexibility index (Phi) is 8.25. The van der Waals surface area contributed by atoms with Crippen molar-refractivity contribution in [1.29, 1.82) is 0 Å². The number of nitrogens with one attached hydrogen (secondary N) is 2. The van der Waals surface area contributed by atoms with Crippen LogP contribution in [0.4, 0.5) is 4.79 Å². The van der Waals surface area contributed by atoms with E-state index < -0.39 is 70.2 Å². The number of hydrogen-bond acceptors (Lipinski definition) is 9. The van der Waals surface area contributed by atoms with Gasteiger partial charge in [-0.05, 0) is 37.1 Å². The van der Waals surface area contributed by atoms with Gasteiger partial charge in [-0.1, -0.05) is 42.5 Å². The molecule has 4 amide bonds. The predicted molar refractivity (Wildman–Crippen MR) is 152 cm³/mol. The van der Waals surface area contributed by atoms with E-state index in [1.807, 2.05) is 6.07 Å². The van der Waals surface area contributed by atoms with E-state index in [1.165, 1.54) is 40.9 Å². The Morgan fingerprint density at radius 3 is 2.42 bits per heavy atom. The lowest BCUT2D eigenvalue weighted by molar-refractivity contribution is -0.161. The van der Waals surface area contributed by atoms with Crippen LogP contribution in [-0.4, -0.2) is 95.8 Å². The zero-order valence-electron chi connectivity index (χ0n) is 23.4.